The molecule has 0 saturated carbocycles. The van der Waals surface area contributed by atoms with Crippen molar-refractivity contribution in [1.29, 1.82) is 0 Å². The highest BCUT2D eigenvalue weighted by Gasteiger charge is 2.30. The summed E-state index contributed by atoms with van der Waals surface area (Å²) in [7, 11) is 0. The molecule has 2 aromatic carbocycles. The first-order valence-electron chi connectivity index (χ1n) is 10.3. The lowest BCUT2D eigenvalue weighted by atomic mass is 9.98. The molecular weight excluding hydrogens is 414 g/mol. The lowest BCUT2D eigenvalue weighted by Crippen LogP contribution is -2.50. The van der Waals surface area contributed by atoms with Crippen LogP contribution in [0.2, 0.25) is 0 Å². The molecule has 2 aromatic rings. The minimum atomic E-state index is -1.38. The second-order valence-electron chi connectivity index (χ2n) is 7.29. The summed E-state index contributed by atoms with van der Waals surface area (Å²) in [5.74, 6) is -2.65. The minimum absolute atomic E-state index is 0.0280. The number of hydrogen-bond acceptors (Lipinski definition) is 5. The zero-order valence-corrected chi connectivity index (χ0v) is 17.6. The molecule has 1 aliphatic rings. The fourth-order valence-electron chi connectivity index (χ4n) is 3.72. The Hall–Kier alpha value is -3.88. The van der Waals surface area contributed by atoms with E-state index >= 15 is 0 Å². The molecule has 1 unspecified atom stereocenters. The molecule has 0 fully saturated rings. The van der Waals surface area contributed by atoms with Crippen molar-refractivity contribution in [3.63, 3.8) is 0 Å². The Morgan fingerprint density at radius 1 is 0.969 bits per heavy atom. The van der Waals surface area contributed by atoms with Crippen molar-refractivity contribution in [2.75, 3.05) is 19.7 Å². The largest absolute Gasteiger partial charge is 0.481 e. The summed E-state index contributed by atoms with van der Waals surface area (Å²) in [6.45, 7) is 1.83. The standard InChI is InChI=1S/C23H25N3O6/c1-2-24-20(27)12-25-22(30)19(11-21(28)29)26-23(31)32-13-18-16-9-5-3-7-14(16)15-8-4-6-10-17(15)18/h3-10,18-19H,2,11-13H2,1H3,(H,24,27)(H,25,30)(H,26,31)(H,28,29). The van der Waals surface area contributed by atoms with E-state index in [0.29, 0.717) is 6.54 Å². The highest BCUT2D eigenvalue weighted by molar-refractivity contribution is 5.91. The summed E-state index contributed by atoms with van der Waals surface area (Å²) in [6.07, 6.45) is -1.56. The van der Waals surface area contributed by atoms with Gasteiger partial charge >= 0.3 is 12.1 Å². The number of aliphatic carboxylic acids is 1. The quantitative estimate of drug-likeness (QED) is 0.469. The number of ether oxygens (including phenoxy) is 1. The molecular formula is C23H25N3O6. The molecule has 0 radical (unpaired) electrons. The lowest BCUT2D eigenvalue weighted by Gasteiger charge is -2.18. The second-order valence-corrected chi connectivity index (χ2v) is 7.29. The number of fused-ring (bicyclic) bond motifs is 3. The maximum atomic E-state index is 12.4. The maximum Gasteiger partial charge on any atom is 0.407 e. The molecule has 0 aromatic heterocycles. The molecule has 168 valence electrons. The van der Waals surface area contributed by atoms with Crippen molar-refractivity contribution < 1.29 is 29.0 Å². The number of likely N-dealkylation sites (N-methyl/N-ethyl adjacent to an activating group) is 1. The van der Waals surface area contributed by atoms with Gasteiger partial charge in [0.2, 0.25) is 11.8 Å². The number of carboxylic acid groups (broad SMARTS) is 1. The molecule has 0 spiro atoms. The van der Waals surface area contributed by atoms with Crippen LogP contribution in [0.5, 0.6) is 0 Å². The number of rotatable bonds is 9. The summed E-state index contributed by atoms with van der Waals surface area (Å²) in [5, 5.41) is 16.2. The van der Waals surface area contributed by atoms with E-state index in [1.54, 1.807) is 6.92 Å². The van der Waals surface area contributed by atoms with Gasteiger partial charge in [0, 0.05) is 12.5 Å². The third-order valence-corrected chi connectivity index (χ3v) is 5.13. The van der Waals surface area contributed by atoms with Gasteiger partial charge in [0.05, 0.1) is 13.0 Å². The Bertz CT molecular complexity index is 977. The summed E-state index contributed by atoms with van der Waals surface area (Å²) >= 11 is 0. The third kappa shape index (κ3) is 5.42. The zero-order chi connectivity index (χ0) is 23.1. The SMILES string of the molecule is CCNC(=O)CNC(=O)C(CC(=O)O)NC(=O)OCC1c2ccccc2-c2ccccc21. The number of hydrogen-bond donors (Lipinski definition) is 4. The van der Waals surface area contributed by atoms with Crippen molar-refractivity contribution in [2.45, 2.75) is 25.3 Å². The summed E-state index contributed by atoms with van der Waals surface area (Å²) < 4.78 is 5.36. The van der Waals surface area contributed by atoms with Crippen LogP contribution in [0.15, 0.2) is 48.5 Å². The van der Waals surface area contributed by atoms with Gasteiger partial charge in [0.15, 0.2) is 0 Å². The predicted molar refractivity (Wildman–Crippen MR) is 116 cm³/mol. The molecule has 32 heavy (non-hydrogen) atoms. The second kappa shape index (κ2) is 10.4. The number of benzene rings is 2. The molecule has 0 aliphatic heterocycles. The van der Waals surface area contributed by atoms with E-state index in [1.807, 2.05) is 48.5 Å². The van der Waals surface area contributed by atoms with Gasteiger partial charge < -0.3 is 25.8 Å². The van der Waals surface area contributed by atoms with Crippen LogP contribution in [-0.4, -0.2) is 54.7 Å². The van der Waals surface area contributed by atoms with Gasteiger partial charge in [0.1, 0.15) is 12.6 Å². The van der Waals surface area contributed by atoms with Gasteiger partial charge in [-0.25, -0.2) is 4.79 Å². The van der Waals surface area contributed by atoms with Crippen molar-refractivity contribution in [1.82, 2.24) is 16.0 Å². The fourth-order valence-corrected chi connectivity index (χ4v) is 3.72. The molecule has 9 heteroatoms. The monoisotopic (exact) mass is 439 g/mol. The van der Waals surface area contributed by atoms with Gasteiger partial charge in [-0.05, 0) is 29.2 Å². The van der Waals surface area contributed by atoms with E-state index in [4.69, 9.17) is 9.84 Å². The van der Waals surface area contributed by atoms with Crippen LogP contribution in [0.3, 0.4) is 0 Å². The first-order valence-corrected chi connectivity index (χ1v) is 10.3. The molecule has 1 atom stereocenters. The first-order chi connectivity index (χ1) is 15.4. The highest BCUT2D eigenvalue weighted by atomic mass is 16.5. The Kier molecular flexibility index (Phi) is 7.43. The van der Waals surface area contributed by atoms with E-state index in [0.717, 1.165) is 22.3 Å². The maximum absolute atomic E-state index is 12.4. The summed E-state index contributed by atoms with van der Waals surface area (Å²) in [5.41, 5.74) is 4.21. The van der Waals surface area contributed by atoms with Crippen LogP contribution in [-0.2, 0) is 19.1 Å². The van der Waals surface area contributed by atoms with Gasteiger partial charge in [-0.15, -0.1) is 0 Å². The average Bonchev–Trinajstić information content (AvgIpc) is 3.09. The molecule has 1 aliphatic carbocycles. The molecule has 0 bridgehead atoms. The van der Waals surface area contributed by atoms with Crippen LogP contribution in [0.1, 0.15) is 30.4 Å². The van der Waals surface area contributed by atoms with E-state index in [-0.39, 0.29) is 19.1 Å². The molecule has 3 amide bonds. The molecule has 0 heterocycles. The number of amides is 3. The van der Waals surface area contributed by atoms with Crippen LogP contribution < -0.4 is 16.0 Å². The Balaban J connectivity index is 1.62. The summed E-state index contributed by atoms with van der Waals surface area (Å²) in [4.78, 5) is 47.3. The van der Waals surface area contributed by atoms with Crippen LogP contribution in [0, 0.1) is 0 Å². The number of carbonyl (C=O) groups excluding carboxylic acids is 3. The van der Waals surface area contributed by atoms with Crippen LogP contribution >= 0.6 is 0 Å². The van der Waals surface area contributed by atoms with Gasteiger partial charge in [-0.3, -0.25) is 14.4 Å². The topological polar surface area (TPSA) is 134 Å². The van der Waals surface area contributed by atoms with Gasteiger partial charge in [-0.2, -0.15) is 0 Å². The van der Waals surface area contributed by atoms with E-state index in [9.17, 15) is 19.2 Å². The number of alkyl carbamates (subject to hydrolysis) is 1. The normalized spacial score (nSPS) is 12.8. The van der Waals surface area contributed by atoms with Crippen molar-refractivity contribution in [2.24, 2.45) is 0 Å². The van der Waals surface area contributed by atoms with Gasteiger partial charge in [0.25, 0.3) is 0 Å². The van der Waals surface area contributed by atoms with Crippen LogP contribution in [0.4, 0.5) is 4.79 Å². The molecule has 9 nitrogen and oxygen atoms in total. The Morgan fingerprint density at radius 3 is 2.12 bits per heavy atom. The first kappa shape index (κ1) is 22.8. The van der Waals surface area contributed by atoms with E-state index in [1.165, 1.54) is 0 Å². The van der Waals surface area contributed by atoms with Crippen molar-refractivity contribution in [3.05, 3.63) is 59.7 Å². The highest BCUT2D eigenvalue weighted by Crippen LogP contribution is 2.44. The zero-order valence-electron chi connectivity index (χ0n) is 17.6. The van der Waals surface area contributed by atoms with Crippen molar-refractivity contribution >= 4 is 23.9 Å². The number of nitrogens with one attached hydrogen (secondary N) is 3. The molecule has 4 N–H and O–H groups in total. The molecule has 0 saturated heterocycles. The predicted octanol–water partition coefficient (Wildman–Crippen LogP) is 1.62. The number of carboxylic acids is 1. The molecule has 3 rings (SSSR count). The fraction of sp³-hybridized carbons (Fsp3) is 0.304. The minimum Gasteiger partial charge on any atom is -0.481 e. The van der Waals surface area contributed by atoms with Gasteiger partial charge in [-0.1, -0.05) is 48.5 Å². The third-order valence-electron chi connectivity index (χ3n) is 5.13. The summed E-state index contributed by atoms with van der Waals surface area (Å²) in [6, 6.07) is 14.3. The smallest absolute Gasteiger partial charge is 0.407 e. The average molecular weight is 439 g/mol. The Morgan fingerprint density at radius 2 is 1.56 bits per heavy atom. The Labute approximate surface area is 185 Å². The number of carbonyl (C=O) groups is 4. The lowest BCUT2D eigenvalue weighted by molar-refractivity contribution is -0.139. The van der Waals surface area contributed by atoms with Crippen molar-refractivity contribution in [3.8, 4) is 11.1 Å². The van der Waals surface area contributed by atoms with Crippen LogP contribution in [0.25, 0.3) is 11.1 Å². The van der Waals surface area contributed by atoms with E-state index in [2.05, 4.69) is 16.0 Å². The van der Waals surface area contributed by atoms with E-state index < -0.39 is 36.3 Å².